The molecule has 0 aliphatic heterocycles. The van der Waals surface area contributed by atoms with Gasteiger partial charge in [0.15, 0.2) is 0 Å². The molecule has 0 saturated heterocycles. The summed E-state index contributed by atoms with van der Waals surface area (Å²) in [6.07, 6.45) is 3.87. The highest BCUT2D eigenvalue weighted by Crippen LogP contribution is 2.13. The topological polar surface area (TPSA) is 50.2 Å². The lowest BCUT2D eigenvalue weighted by Crippen LogP contribution is -2.35. The number of aryl methyl sites for hydroxylation is 2. The Morgan fingerprint density at radius 3 is 2.44 bits per heavy atom. The summed E-state index contributed by atoms with van der Waals surface area (Å²) in [5, 5.41) is 7.59. The van der Waals surface area contributed by atoms with Crippen LogP contribution in [0, 0.1) is 6.92 Å². The molecule has 2 aromatic carbocycles. The minimum Gasteiger partial charge on any atom is -0.365 e. The summed E-state index contributed by atoms with van der Waals surface area (Å²) >= 11 is 0. The highest BCUT2D eigenvalue weighted by molar-refractivity contribution is 5.81. The Bertz CT molecular complexity index is 859. The SMILES string of the molecule is Cc1nn(-c2ccccc2)cc1CCCNC(=O)CN(C)c1ccccc1. The zero-order valence-corrected chi connectivity index (χ0v) is 15.9. The van der Waals surface area contributed by atoms with Crippen molar-refractivity contribution in [3.63, 3.8) is 0 Å². The quantitative estimate of drug-likeness (QED) is 0.625. The maximum absolute atomic E-state index is 12.1. The van der Waals surface area contributed by atoms with Crippen LogP contribution in [0.4, 0.5) is 5.69 Å². The molecule has 0 unspecified atom stereocenters. The number of benzene rings is 2. The Morgan fingerprint density at radius 2 is 1.74 bits per heavy atom. The number of para-hydroxylation sites is 2. The molecule has 0 aliphatic rings. The molecule has 5 nitrogen and oxygen atoms in total. The van der Waals surface area contributed by atoms with Gasteiger partial charge in [0.2, 0.25) is 5.91 Å². The van der Waals surface area contributed by atoms with Gasteiger partial charge < -0.3 is 10.2 Å². The van der Waals surface area contributed by atoms with Gasteiger partial charge in [0.1, 0.15) is 0 Å². The second kappa shape index (κ2) is 9.03. The van der Waals surface area contributed by atoms with E-state index in [1.165, 1.54) is 5.56 Å². The van der Waals surface area contributed by atoms with Crippen molar-refractivity contribution in [3.8, 4) is 5.69 Å². The Hall–Kier alpha value is -3.08. The fraction of sp³-hybridized carbons (Fsp3) is 0.273. The lowest BCUT2D eigenvalue weighted by atomic mass is 10.1. The minimum atomic E-state index is 0.0399. The molecule has 0 fully saturated rings. The van der Waals surface area contributed by atoms with Crippen LogP contribution in [0.3, 0.4) is 0 Å². The van der Waals surface area contributed by atoms with Crippen LogP contribution < -0.4 is 10.2 Å². The number of nitrogens with one attached hydrogen (secondary N) is 1. The lowest BCUT2D eigenvalue weighted by Gasteiger charge is -2.18. The molecule has 1 heterocycles. The average Bonchev–Trinajstić information content (AvgIpc) is 3.07. The zero-order chi connectivity index (χ0) is 19.1. The minimum absolute atomic E-state index is 0.0399. The largest absolute Gasteiger partial charge is 0.365 e. The van der Waals surface area contributed by atoms with Gasteiger partial charge in [-0.05, 0) is 49.6 Å². The number of rotatable bonds is 8. The Balaban J connectivity index is 1.44. The van der Waals surface area contributed by atoms with Gasteiger partial charge in [0.25, 0.3) is 0 Å². The van der Waals surface area contributed by atoms with Gasteiger partial charge in [-0.2, -0.15) is 5.10 Å². The monoisotopic (exact) mass is 362 g/mol. The van der Waals surface area contributed by atoms with Crippen LogP contribution in [0.5, 0.6) is 0 Å². The smallest absolute Gasteiger partial charge is 0.239 e. The highest BCUT2D eigenvalue weighted by Gasteiger charge is 2.08. The lowest BCUT2D eigenvalue weighted by molar-refractivity contribution is -0.119. The van der Waals surface area contributed by atoms with Gasteiger partial charge >= 0.3 is 0 Å². The van der Waals surface area contributed by atoms with Crippen LogP contribution in [0.1, 0.15) is 17.7 Å². The second-order valence-electron chi connectivity index (χ2n) is 6.66. The molecule has 0 aliphatic carbocycles. The standard InChI is InChI=1S/C22H26N4O/c1-18-19(16-26(24-18)21-13-7-4-8-14-21)10-9-15-23-22(27)17-25(2)20-11-5-3-6-12-20/h3-8,11-14,16H,9-10,15,17H2,1-2H3,(H,23,27). The first-order valence-corrected chi connectivity index (χ1v) is 9.27. The number of anilines is 1. The summed E-state index contributed by atoms with van der Waals surface area (Å²) < 4.78 is 1.91. The van der Waals surface area contributed by atoms with Crippen LogP contribution in [-0.2, 0) is 11.2 Å². The molecule has 3 rings (SSSR count). The van der Waals surface area contributed by atoms with E-state index in [1.807, 2.05) is 84.2 Å². The Labute approximate surface area is 160 Å². The number of hydrogen-bond donors (Lipinski definition) is 1. The van der Waals surface area contributed by atoms with Crippen molar-refractivity contribution < 1.29 is 4.79 Å². The van der Waals surface area contributed by atoms with E-state index in [0.29, 0.717) is 13.1 Å². The molecular formula is C22H26N4O. The summed E-state index contributed by atoms with van der Waals surface area (Å²) in [6.45, 7) is 3.05. The van der Waals surface area contributed by atoms with E-state index >= 15 is 0 Å². The Morgan fingerprint density at radius 1 is 1.07 bits per heavy atom. The fourth-order valence-electron chi connectivity index (χ4n) is 3.01. The molecule has 1 N–H and O–H groups in total. The molecular weight excluding hydrogens is 336 g/mol. The van der Waals surface area contributed by atoms with Crippen molar-refractivity contribution in [2.24, 2.45) is 0 Å². The molecule has 0 saturated carbocycles. The maximum Gasteiger partial charge on any atom is 0.239 e. The molecule has 0 radical (unpaired) electrons. The van der Waals surface area contributed by atoms with Gasteiger partial charge in [-0.1, -0.05) is 36.4 Å². The van der Waals surface area contributed by atoms with Crippen molar-refractivity contribution >= 4 is 11.6 Å². The summed E-state index contributed by atoms with van der Waals surface area (Å²) in [5.74, 6) is 0.0399. The van der Waals surface area contributed by atoms with E-state index in [1.54, 1.807) is 0 Å². The number of amides is 1. The van der Waals surface area contributed by atoms with Gasteiger partial charge in [-0.3, -0.25) is 4.79 Å². The summed E-state index contributed by atoms with van der Waals surface area (Å²) in [4.78, 5) is 14.1. The number of likely N-dealkylation sites (N-methyl/N-ethyl adjacent to an activating group) is 1. The molecule has 0 atom stereocenters. The van der Waals surface area contributed by atoms with Gasteiger partial charge in [0, 0.05) is 25.5 Å². The van der Waals surface area contributed by atoms with Crippen molar-refractivity contribution in [1.82, 2.24) is 15.1 Å². The van der Waals surface area contributed by atoms with E-state index < -0.39 is 0 Å². The maximum atomic E-state index is 12.1. The molecule has 27 heavy (non-hydrogen) atoms. The molecule has 140 valence electrons. The number of hydrogen-bond acceptors (Lipinski definition) is 3. The predicted molar refractivity (Wildman–Crippen MR) is 109 cm³/mol. The van der Waals surface area contributed by atoms with Crippen molar-refractivity contribution in [2.75, 3.05) is 25.0 Å². The number of nitrogens with zero attached hydrogens (tertiary/aromatic N) is 3. The van der Waals surface area contributed by atoms with E-state index in [-0.39, 0.29) is 5.91 Å². The van der Waals surface area contributed by atoms with Crippen LogP contribution in [-0.4, -0.2) is 35.8 Å². The molecule has 3 aromatic rings. The normalized spacial score (nSPS) is 10.6. The highest BCUT2D eigenvalue weighted by atomic mass is 16.2. The third-order valence-electron chi connectivity index (χ3n) is 4.54. The van der Waals surface area contributed by atoms with Crippen molar-refractivity contribution in [3.05, 3.63) is 78.1 Å². The zero-order valence-electron chi connectivity index (χ0n) is 15.9. The van der Waals surface area contributed by atoms with Gasteiger partial charge in [0.05, 0.1) is 17.9 Å². The van der Waals surface area contributed by atoms with Crippen molar-refractivity contribution in [2.45, 2.75) is 19.8 Å². The number of carbonyl (C=O) groups excluding carboxylic acids is 1. The third kappa shape index (κ3) is 5.20. The van der Waals surface area contributed by atoms with E-state index in [0.717, 1.165) is 29.9 Å². The predicted octanol–water partition coefficient (Wildman–Crippen LogP) is 3.37. The molecule has 1 aromatic heterocycles. The summed E-state index contributed by atoms with van der Waals surface area (Å²) in [5.41, 5.74) is 4.35. The van der Waals surface area contributed by atoms with Crippen LogP contribution >= 0.6 is 0 Å². The second-order valence-corrected chi connectivity index (χ2v) is 6.66. The van der Waals surface area contributed by atoms with Crippen molar-refractivity contribution in [1.29, 1.82) is 0 Å². The third-order valence-corrected chi connectivity index (χ3v) is 4.54. The Kier molecular flexibility index (Phi) is 6.26. The molecule has 0 bridgehead atoms. The van der Waals surface area contributed by atoms with Gasteiger partial charge in [-0.25, -0.2) is 4.68 Å². The van der Waals surface area contributed by atoms with Crippen LogP contribution in [0.15, 0.2) is 66.9 Å². The first kappa shape index (κ1) is 18.7. The van der Waals surface area contributed by atoms with E-state index in [9.17, 15) is 4.79 Å². The fourth-order valence-corrected chi connectivity index (χ4v) is 3.01. The van der Waals surface area contributed by atoms with Crippen LogP contribution in [0.2, 0.25) is 0 Å². The first-order chi connectivity index (χ1) is 13.1. The average molecular weight is 362 g/mol. The first-order valence-electron chi connectivity index (χ1n) is 9.27. The summed E-state index contributed by atoms with van der Waals surface area (Å²) in [7, 11) is 1.93. The van der Waals surface area contributed by atoms with E-state index in [4.69, 9.17) is 0 Å². The summed E-state index contributed by atoms with van der Waals surface area (Å²) in [6, 6.07) is 20.0. The van der Waals surface area contributed by atoms with Crippen LogP contribution in [0.25, 0.3) is 5.69 Å². The molecule has 0 spiro atoms. The number of aromatic nitrogens is 2. The molecule has 1 amide bonds. The molecule has 5 heteroatoms. The van der Waals surface area contributed by atoms with E-state index in [2.05, 4.69) is 16.6 Å². The van der Waals surface area contributed by atoms with Gasteiger partial charge in [-0.15, -0.1) is 0 Å². The number of carbonyl (C=O) groups is 1.